The molecule has 1 aliphatic heterocycles. The number of carbonyl (C=O) groups excluding carboxylic acids is 3. The van der Waals surface area contributed by atoms with Crippen molar-refractivity contribution in [3.05, 3.63) is 97.6 Å². The first-order chi connectivity index (χ1) is 24.6. The van der Waals surface area contributed by atoms with Crippen LogP contribution < -0.4 is 21.2 Å². The Morgan fingerprint density at radius 2 is 1.69 bits per heavy atom. The van der Waals surface area contributed by atoms with Gasteiger partial charge < -0.3 is 24.8 Å². The topological polar surface area (TPSA) is 154 Å². The summed E-state index contributed by atoms with van der Waals surface area (Å²) in [5.74, 6) is -0.187. The summed E-state index contributed by atoms with van der Waals surface area (Å²) in [4.78, 5) is 62.0. The number of halogens is 1. The quantitative estimate of drug-likeness (QED) is 0.163. The second-order valence-electron chi connectivity index (χ2n) is 14.3. The van der Waals surface area contributed by atoms with Crippen LogP contribution in [0.2, 0.25) is 0 Å². The summed E-state index contributed by atoms with van der Waals surface area (Å²) in [6, 6.07) is 15.7. The lowest BCUT2D eigenvalue weighted by atomic mass is 9.92. The van der Waals surface area contributed by atoms with Gasteiger partial charge in [-0.15, -0.1) is 11.3 Å². The van der Waals surface area contributed by atoms with Gasteiger partial charge in [0.15, 0.2) is 10.9 Å². The van der Waals surface area contributed by atoms with Crippen molar-refractivity contribution in [3.63, 3.8) is 0 Å². The molecule has 0 spiro atoms. The molecule has 13 nitrogen and oxygen atoms in total. The Hall–Kier alpha value is -4.35. The van der Waals surface area contributed by atoms with Crippen LogP contribution in [-0.2, 0) is 14.2 Å². The Bertz CT molecular complexity index is 1910. The third-order valence-corrected chi connectivity index (χ3v) is 9.35. The summed E-state index contributed by atoms with van der Waals surface area (Å²) in [5, 5.41) is 7.85. The van der Waals surface area contributed by atoms with Crippen molar-refractivity contribution in [2.24, 2.45) is 0 Å². The van der Waals surface area contributed by atoms with Crippen molar-refractivity contribution in [3.8, 4) is 5.69 Å². The summed E-state index contributed by atoms with van der Waals surface area (Å²) in [6.07, 6.45) is 2.88. The van der Waals surface area contributed by atoms with Crippen LogP contribution in [0.1, 0.15) is 82.8 Å². The minimum absolute atomic E-state index is 0.177. The van der Waals surface area contributed by atoms with E-state index in [-0.39, 0.29) is 23.9 Å². The van der Waals surface area contributed by atoms with E-state index in [1.54, 1.807) is 74.5 Å². The number of hydrogen-bond donors (Lipinski definition) is 2. The highest BCUT2D eigenvalue weighted by molar-refractivity contribution is 14.1. The van der Waals surface area contributed by atoms with Gasteiger partial charge >= 0.3 is 17.9 Å². The normalized spacial score (nSPS) is 17.6. The highest BCUT2D eigenvalue weighted by Crippen LogP contribution is 2.38. The van der Waals surface area contributed by atoms with Gasteiger partial charge in [-0.05, 0) is 113 Å². The Balaban J connectivity index is 1.37. The molecule has 3 heterocycles. The number of hydrogen-bond acceptors (Lipinski definition) is 10. The van der Waals surface area contributed by atoms with Crippen molar-refractivity contribution in [2.45, 2.75) is 90.3 Å². The van der Waals surface area contributed by atoms with Crippen molar-refractivity contribution < 1.29 is 28.6 Å². The lowest BCUT2D eigenvalue weighted by molar-refractivity contribution is -0.0626. The molecule has 2 N–H and O–H groups in total. The largest absolute Gasteiger partial charge is 0.444 e. The fraction of sp³-hybridized carbons (Fsp3) is 0.405. The van der Waals surface area contributed by atoms with Crippen LogP contribution in [0.3, 0.4) is 0 Å². The number of alkyl carbamates (subject to hydrolysis) is 1. The highest BCUT2D eigenvalue weighted by Gasteiger charge is 2.39. The van der Waals surface area contributed by atoms with Gasteiger partial charge in [0.05, 0.1) is 21.5 Å². The second-order valence-corrected chi connectivity index (χ2v) is 16.3. The van der Waals surface area contributed by atoms with E-state index in [2.05, 4.69) is 20.6 Å². The van der Waals surface area contributed by atoms with E-state index in [1.165, 1.54) is 15.9 Å². The zero-order valence-corrected chi connectivity index (χ0v) is 32.9. The zero-order valence-electron chi connectivity index (χ0n) is 29.9. The summed E-state index contributed by atoms with van der Waals surface area (Å²) in [5.41, 5.74) is -0.0444. The van der Waals surface area contributed by atoms with Gasteiger partial charge in [-0.2, -0.15) is 4.98 Å². The van der Waals surface area contributed by atoms with Crippen LogP contribution in [0.4, 0.5) is 20.5 Å². The van der Waals surface area contributed by atoms with Gasteiger partial charge in [0.25, 0.3) is 5.91 Å². The number of nitrogens with zero attached hydrogens (tertiary/aromatic N) is 4. The fourth-order valence-corrected chi connectivity index (χ4v) is 6.84. The Morgan fingerprint density at radius 1 is 1.00 bits per heavy atom. The third-order valence-electron chi connectivity index (χ3n) is 7.79. The number of aromatic nitrogens is 3. The molecule has 0 radical (unpaired) electrons. The van der Waals surface area contributed by atoms with E-state index in [0.29, 0.717) is 45.8 Å². The average Bonchev–Trinajstić information content (AvgIpc) is 3.59. The number of ether oxygens (including phenoxy) is 3. The lowest BCUT2D eigenvalue weighted by Gasteiger charge is -2.40. The molecule has 0 aliphatic carbocycles. The number of rotatable bonds is 9. The van der Waals surface area contributed by atoms with Crippen LogP contribution in [0, 0.1) is 3.57 Å². The van der Waals surface area contributed by atoms with Gasteiger partial charge in [0.2, 0.25) is 0 Å². The predicted octanol–water partition coefficient (Wildman–Crippen LogP) is 7.49. The minimum atomic E-state index is -0.722. The highest BCUT2D eigenvalue weighted by atomic mass is 127. The first kappa shape index (κ1) is 38.9. The van der Waals surface area contributed by atoms with E-state index in [1.807, 2.05) is 66.9 Å². The average molecular weight is 843 g/mol. The Labute approximate surface area is 320 Å². The second kappa shape index (κ2) is 16.5. The van der Waals surface area contributed by atoms with E-state index in [4.69, 9.17) is 14.2 Å². The van der Waals surface area contributed by atoms with Gasteiger partial charge in [0.1, 0.15) is 11.2 Å². The van der Waals surface area contributed by atoms with Crippen LogP contribution in [0.15, 0.2) is 77.2 Å². The third kappa shape index (κ3) is 10.6. The molecule has 1 fully saturated rings. The van der Waals surface area contributed by atoms with Crippen LogP contribution in [0.5, 0.6) is 0 Å². The standard InChI is InChI=1S/C37H43IN6O7S/c1-36(2,3)50-34(47)40-17-16-27-20-26(44(33-39-18-19-52-33)35(48)51-37(4,5)6)21-29(49-27)23-12-14-25(15-13-23)43-22-28(38)30(42-32(43)46)41-31(45)24-10-8-7-9-11-24/h7-15,18-19,22,26-27,29H,16-17,20-21H2,1-6H3,(H,40,47)(H,41,42,45,46)/t26-,27+,29-/m0/s1. The molecule has 4 aromatic rings. The molecule has 3 atom stereocenters. The van der Waals surface area contributed by atoms with Crippen LogP contribution in [-0.4, -0.2) is 62.5 Å². The van der Waals surface area contributed by atoms with Crippen molar-refractivity contribution in [2.75, 3.05) is 16.8 Å². The summed E-state index contributed by atoms with van der Waals surface area (Å²) < 4.78 is 19.8. The summed E-state index contributed by atoms with van der Waals surface area (Å²) >= 11 is 3.38. The molecule has 5 rings (SSSR count). The van der Waals surface area contributed by atoms with Crippen LogP contribution in [0.25, 0.3) is 5.69 Å². The molecule has 2 aromatic heterocycles. The zero-order chi connectivity index (χ0) is 37.6. The summed E-state index contributed by atoms with van der Waals surface area (Å²) in [7, 11) is 0. The molecule has 276 valence electrons. The summed E-state index contributed by atoms with van der Waals surface area (Å²) in [6.45, 7) is 11.2. The molecular weight excluding hydrogens is 799 g/mol. The smallest absolute Gasteiger partial charge is 0.416 e. The number of anilines is 2. The van der Waals surface area contributed by atoms with E-state index in [9.17, 15) is 19.2 Å². The van der Waals surface area contributed by atoms with E-state index >= 15 is 0 Å². The Morgan fingerprint density at radius 3 is 2.33 bits per heavy atom. The van der Waals surface area contributed by atoms with Crippen LogP contribution >= 0.6 is 33.9 Å². The molecule has 2 aromatic carbocycles. The molecular formula is C37H43IN6O7S. The molecule has 52 heavy (non-hydrogen) atoms. The maximum atomic E-state index is 13.7. The van der Waals surface area contributed by atoms with Gasteiger partial charge in [-0.3, -0.25) is 9.36 Å². The number of thiazole rings is 1. The monoisotopic (exact) mass is 842 g/mol. The molecule has 1 saturated heterocycles. The van der Waals surface area contributed by atoms with Crippen molar-refractivity contribution in [1.29, 1.82) is 0 Å². The lowest BCUT2D eigenvalue weighted by Crippen LogP contribution is -2.48. The van der Waals surface area contributed by atoms with Crippen molar-refractivity contribution >= 4 is 63.0 Å². The SMILES string of the molecule is CC(C)(C)OC(=O)NCC[C@@H]1C[C@H](N(C(=O)OC(C)(C)C)c2nccs2)C[C@@H](c2ccc(-n3cc(I)c(NC(=O)c4ccccc4)nc3=O)cc2)O1. The molecule has 15 heteroatoms. The van der Waals surface area contributed by atoms with E-state index in [0.717, 1.165) is 5.56 Å². The maximum absolute atomic E-state index is 13.7. The van der Waals surface area contributed by atoms with Gasteiger partial charge in [-0.25, -0.2) is 24.3 Å². The number of carbonyl (C=O) groups is 3. The molecule has 1 aliphatic rings. The number of amides is 3. The first-order valence-corrected chi connectivity index (χ1v) is 18.8. The maximum Gasteiger partial charge on any atom is 0.416 e. The molecule has 0 saturated carbocycles. The minimum Gasteiger partial charge on any atom is -0.444 e. The van der Waals surface area contributed by atoms with Crippen molar-refractivity contribution in [1.82, 2.24) is 19.9 Å². The Kier molecular flexibility index (Phi) is 12.4. The molecule has 3 amide bonds. The van der Waals surface area contributed by atoms with Gasteiger partial charge in [-0.1, -0.05) is 30.3 Å². The van der Waals surface area contributed by atoms with E-state index < -0.39 is 35.2 Å². The van der Waals surface area contributed by atoms with Gasteiger partial charge in [0, 0.05) is 35.9 Å². The molecule has 0 bridgehead atoms. The first-order valence-electron chi connectivity index (χ1n) is 16.9. The number of nitrogens with one attached hydrogen (secondary N) is 2. The predicted molar refractivity (Wildman–Crippen MR) is 207 cm³/mol. The fourth-order valence-electron chi connectivity index (χ4n) is 5.60. The molecule has 0 unspecified atom stereocenters. The number of benzene rings is 2.